The molecule has 1 atom stereocenters. The Morgan fingerprint density at radius 1 is 1.04 bits per heavy atom. The van der Waals surface area contributed by atoms with Gasteiger partial charge in [-0.05, 0) is 23.6 Å². The minimum Gasteiger partial charge on any atom is -0.706 e. The molecule has 0 saturated carbocycles. The predicted octanol–water partition coefficient (Wildman–Crippen LogP) is 2.93. The van der Waals surface area contributed by atoms with Crippen LogP contribution in [0.25, 0.3) is 0 Å². The molecule has 0 aliphatic rings. The Morgan fingerprint density at radius 3 is 2.17 bits per heavy atom. The molecule has 0 amide bonds. The van der Waals surface area contributed by atoms with Gasteiger partial charge in [-0.3, -0.25) is 0 Å². The second-order valence-electron chi connectivity index (χ2n) is 5.02. The van der Waals surface area contributed by atoms with Gasteiger partial charge >= 0.3 is 10.1 Å². The fourth-order valence-corrected chi connectivity index (χ4v) is 3.28. The van der Waals surface area contributed by atoms with Crippen molar-refractivity contribution in [2.24, 2.45) is 0 Å². The average Bonchev–Trinajstić information content (AvgIpc) is 2.52. The first-order chi connectivity index (χ1) is 11.2. The van der Waals surface area contributed by atoms with Crippen molar-refractivity contribution in [3.8, 4) is 0 Å². The number of rotatable bonds is 5. The summed E-state index contributed by atoms with van der Waals surface area (Å²) in [4.78, 5) is -0.0268. The normalized spacial score (nSPS) is 14.3. The van der Waals surface area contributed by atoms with Crippen molar-refractivity contribution in [3.63, 3.8) is 0 Å². The van der Waals surface area contributed by atoms with Crippen LogP contribution in [0, 0.1) is 18.4 Å². The summed E-state index contributed by atoms with van der Waals surface area (Å²) in [5.41, 5.74) is 1.84. The molecule has 130 valence electrons. The van der Waals surface area contributed by atoms with E-state index >= 15 is 0 Å². The zero-order valence-corrected chi connectivity index (χ0v) is 14.7. The summed E-state index contributed by atoms with van der Waals surface area (Å²) in [6.45, 7) is 3.67. The fraction of sp³-hybridized carbons (Fsp3) is 0.125. The van der Waals surface area contributed by atoms with Crippen LogP contribution < -0.4 is 0 Å². The lowest BCUT2D eigenvalue weighted by atomic mass is 10.2. The summed E-state index contributed by atoms with van der Waals surface area (Å²) in [6.07, 6.45) is 1.44. The highest BCUT2D eigenvalue weighted by Crippen LogP contribution is 2.13. The largest absolute Gasteiger partial charge is 0.706 e. The van der Waals surface area contributed by atoms with Crippen molar-refractivity contribution in [2.45, 2.75) is 18.7 Å². The van der Waals surface area contributed by atoms with Gasteiger partial charge in [0.2, 0.25) is 0 Å². The van der Waals surface area contributed by atoms with E-state index in [1.165, 1.54) is 24.3 Å². The summed E-state index contributed by atoms with van der Waals surface area (Å²) in [6, 6.07) is 12.3. The highest BCUT2D eigenvalue weighted by atomic mass is 32.2. The first-order valence-corrected chi connectivity index (χ1v) is 9.72. The van der Waals surface area contributed by atoms with E-state index in [1.807, 2.05) is 13.8 Å². The number of aryl methyl sites for hydroxylation is 2. The lowest BCUT2D eigenvalue weighted by molar-refractivity contribution is 0.380. The van der Waals surface area contributed by atoms with E-state index in [-0.39, 0.29) is 9.41 Å². The third-order valence-electron chi connectivity index (χ3n) is 3.05. The topological polar surface area (TPSA) is 97.1 Å². The van der Waals surface area contributed by atoms with Crippen LogP contribution in [0.3, 0.4) is 0 Å². The highest BCUT2D eigenvalue weighted by molar-refractivity contribution is 7.86. The molecule has 2 aromatic rings. The van der Waals surface area contributed by atoms with Crippen LogP contribution in [0.15, 0.2) is 66.0 Å². The van der Waals surface area contributed by atoms with Gasteiger partial charge in [0.05, 0.1) is 0 Å². The Kier molecular flexibility index (Phi) is 5.43. The molecule has 0 saturated heterocycles. The summed E-state index contributed by atoms with van der Waals surface area (Å²) in [5, 5.41) is 0. The molecule has 0 fully saturated rings. The van der Waals surface area contributed by atoms with E-state index in [4.69, 9.17) is 4.18 Å². The Hall–Kier alpha value is -2.16. The van der Waals surface area contributed by atoms with Crippen LogP contribution in [0.4, 0.5) is 0 Å². The van der Waals surface area contributed by atoms with E-state index in [9.17, 15) is 17.2 Å². The highest BCUT2D eigenvalue weighted by Gasteiger charge is 2.13. The number of hydrogen-bond acceptors (Lipinski definition) is 5. The van der Waals surface area contributed by atoms with Crippen molar-refractivity contribution in [2.75, 3.05) is 0 Å². The van der Waals surface area contributed by atoms with E-state index in [2.05, 4.69) is 4.18 Å². The van der Waals surface area contributed by atoms with Crippen molar-refractivity contribution in [1.82, 2.24) is 0 Å². The maximum absolute atomic E-state index is 12.0. The second-order valence-corrected chi connectivity index (χ2v) is 8.21. The minimum atomic E-state index is -4.01. The van der Waals surface area contributed by atoms with Gasteiger partial charge in [0.15, 0.2) is 10.1 Å². The quantitative estimate of drug-likeness (QED) is 0.265. The van der Waals surface area contributed by atoms with Crippen LogP contribution in [0.2, 0.25) is 0 Å². The molecule has 0 heterocycles. The molecule has 24 heavy (non-hydrogen) atoms. The van der Waals surface area contributed by atoms with Gasteiger partial charge in [0.25, 0.3) is 0 Å². The minimum absolute atomic E-state index is 0.0268. The fourth-order valence-electron chi connectivity index (χ4n) is 1.72. The van der Waals surface area contributed by atoms with Gasteiger partial charge in [-0.25, -0.2) is 4.21 Å². The molecule has 8 heteroatoms. The molecule has 0 spiro atoms. The van der Waals surface area contributed by atoms with Gasteiger partial charge in [-0.15, -0.1) is 12.1 Å². The molecule has 0 bridgehead atoms. The van der Waals surface area contributed by atoms with Crippen LogP contribution >= 0.6 is 0 Å². The monoisotopic (exact) mass is 369 g/mol. The lowest BCUT2D eigenvalue weighted by Gasteiger charge is -2.11. The van der Waals surface area contributed by atoms with Crippen LogP contribution in [0.5, 0.6) is 0 Å². The summed E-state index contributed by atoms with van der Waals surface area (Å²) in [7, 11) is -7.78. The lowest BCUT2D eigenvalue weighted by Crippen LogP contribution is -2.04. The van der Waals surface area contributed by atoms with Crippen molar-refractivity contribution >= 4 is 20.2 Å². The van der Waals surface area contributed by atoms with Gasteiger partial charge in [-0.2, -0.15) is 26.1 Å². The van der Waals surface area contributed by atoms with Crippen LogP contribution in [-0.2, 0) is 28.6 Å². The van der Waals surface area contributed by atoms with E-state index in [0.29, 0.717) is 6.26 Å². The average molecular weight is 369 g/mol. The Morgan fingerprint density at radius 2 is 1.58 bits per heavy atom. The molecule has 0 radical (unpaired) electrons. The maximum atomic E-state index is 12.0. The van der Waals surface area contributed by atoms with Gasteiger partial charge < -0.3 is 12.9 Å². The first-order valence-electron chi connectivity index (χ1n) is 6.87. The first kappa shape index (κ1) is 18.2. The third-order valence-corrected chi connectivity index (χ3v) is 5.51. The van der Waals surface area contributed by atoms with Gasteiger partial charge in [0.1, 0.15) is 17.4 Å². The summed E-state index contributed by atoms with van der Waals surface area (Å²) in [5.74, 6) is 0. The molecule has 2 rings (SSSR count). The number of hydrogen-bond donors (Lipinski definition) is 0. The van der Waals surface area contributed by atoms with Gasteiger partial charge in [-0.1, -0.05) is 24.6 Å². The zero-order chi connectivity index (χ0) is 17.8. The molecular formula is C16H17O6S2-. The molecule has 6 nitrogen and oxygen atoms in total. The number of benzene rings is 2. The van der Waals surface area contributed by atoms with E-state index in [1.54, 1.807) is 24.3 Å². The zero-order valence-electron chi connectivity index (χ0n) is 13.1. The van der Waals surface area contributed by atoms with Crippen LogP contribution in [0.1, 0.15) is 11.1 Å². The molecule has 1 unspecified atom stereocenters. The molecule has 2 aromatic carbocycles. The third kappa shape index (κ3) is 4.67. The Labute approximate surface area is 141 Å². The summed E-state index contributed by atoms with van der Waals surface area (Å²) < 4.78 is 55.1. The Bertz CT molecular complexity index is 971. The van der Waals surface area contributed by atoms with Gasteiger partial charge in [0, 0.05) is 0 Å². The second kappa shape index (κ2) is 7.16. The van der Waals surface area contributed by atoms with E-state index in [0.717, 1.165) is 17.4 Å². The van der Waals surface area contributed by atoms with Crippen molar-refractivity contribution < 1.29 is 25.5 Å². The van der Waals surface area contributed by atoms with Crippen LogP contribution in [-0.4, -0.2) is 17.2 Å². The summed E-state index contributed by atoms with van der Waals surface area (Å²) >= 11 is 0. The van der Waals surface area contributed by atoms with Crippen molar-refractivity contribution in [3.05, 3.63) is 76.7 Å². The van der Waals surface area contributed by atoms with E-state index < -0.39 is 20.2 Å². The predicted molar refractivity (Wildman–Crippen MR) is 89.8 cm³/mol. The van der Waals surface area contributed by atoms with Crippen molar-refractivity contribution in [1.29, 1.82) is 0 Å². The maximum Gasteiger partial charge on any atom is 0.338 e. The molecular weight excluding hydrogens is 352 g/mol. The smallest absolute Gasteiger partial charge is 0.338 e. The SMILES string of the molecule is Cc1ccc(S(=O)(=O)O/C=C/OS([O-])(=[OH+])=c2cc[c-](C)cc2)cc1. The molecule has 0 aliphatic carbocycles. The molecule has 0 aromatic heterocycles. The molecule has 1 N–H and O–H groups in total. The standard InChI is InChI=1S/C16H17O6S2/c1-13-3-7-15(8-4-13)23(17,18)21-11-12-22-24(19,20)16-9-5-14(2)6-10-16/h3-12H,1-2H3,(H,17,18)/q-1/b12-11+. The Balaban J connectivity index is 2.12. The molecule has 0 aliphatic heterocycles.